The monoisotopic (exact) mass is 110 g/mol. The summed E-state index contributed by atoms with van der Waals surface area (Å²) in [5, 5.41) is 0. The van der Waals surface area contributed by atoms with Crippen molar-refractivity contribution in [3.05, 3.63) is 12.2 Å². The van der Waals surface area contributed by atoms with E-state index in [0.717, 1.165) is 6.42 Å². The van der Waals surface area contributed by atoms with Gasteiger partial charge in [0.2, 0.25) is 0 Å². The first-order valence-electron chi connectivity index (χ1n) is 1.88. The Bertz CT molecular complexity index is 15.0. The van der Waals surface area contributed by atoms with Gasteiger partial charge in [-0.1, -0.05) is 6.92 Å². The summed E-state index contributed by atoms with van der Waals surface area (Å²) in [6.45, 7) is 2.50. The van der Waals surface area contributed by atoms with Crippen molar-refractivity contribution < 1.29 is 51.4 Å². The van der Waals surface area contributed by atoms with Crippen LogP contribution in [0.1, 0.15) is 13.3 Å². The molecule has 32 valence electrons. The van der Waals surface area contributed by atoms with E-state index < -0.39 is 0 Å². The maximum Gasteiger partial charge on any atom is 1.00 e. The second-order valence-corrected chi connectivity index (χ2v) is 0.901. The summed E-state index contributed by atoms with van der Waals surface area (Å²) in [6.07, 6.45) is 2.95. The summed E-state index contributed by atoms with van der Waals surface area (Å²) in [5.74, 6) is 0. The molecule has 0 aliphatic heterocycles. The Morgan fingerprint density at radius 3 is 2.17 bits per heavy atom. The van der Waals surface area contributed by atoms with Gasteiger partial charge in [0, 0.05) is 0 Å². The minimum Gasteiger partial charge on any atom is -0.703 e. The third-order valence-corrected chi connectivity index (χ3v) is 0.433. The van der Waals surface area contributed by atoms with Gasteiger partial charge >= 0.3 is 51.4 Å². The Morgan fingerprint density at radius 1 is 1.67 bits per heavy atom. The summed E-state index contributed by atoms with van der Waals surface area (Å²) < 4.78 is 0. The van der Waals surface area contributed by atoms with Crippen LogP contribution in [0.3, 0.4) is 0 Å². The largest absolute Gasteiger partial charge is 1.00 e. The number of hydrogen-bond acceptors (Lipinski definition) is 0. The van der Waals surface area contributed by atoms with Gasteiger partial charge in [0.05, 0.1) is 0 Å². The van der Waals surface area contributed by atoms with Crippen LogP contribution in [0.15, 0.2) is 0 Å². The fourth-order valence-electron chi connectivity index (χ4n) is 0.144. The molecule has 0 spiro atoms. The van der Waals surface area contributed by atoms with Crippen LogP contribution in [0.4, 0.5) is 0 Å². The summed E-state index contributed by atoms with van der Waals surface area (Å²) in [6, 6.07) is 0. The zero-order valence-electron chi connectivity index (χ0n) is 4.49. The Hall–Kier alpha value is 1.60. The van der Waals surface area contributed by atoms with Crippen LogP contribution in [-0.4, -0.2) is 6.54 Å². The first-order chi connectivity index (χ1) is 2.41. The first-order valence-corrected chi connectivity index (χ1v) is 1.88. The van der Waals surface area contributed by atoms with E-state index in [0.29, 0.717) is 6.54 Å². The van der Waals surface area contributed by atoms with Crippen LogP contribution >= 0.6 is 0 Å². The van der Waals surface area contributed by atoms with Crippen molar-refractivity contribution in [2.75, 3.05) is 6.54 Å². The van der Waals surface area contributed by atoms with Gasteiger partial charge in [-0.2, -0.15) is 6.42 Å². The molecule has 1 N–H and O–H groups in total. The molecule has 0 aliphatic rings. The molecule has 0 saturated heterocycles. The van der Waals surface area contributed by atoms with E-state index in [9.17, 15) is 0 Å². The third kappa shape index (κ3) is 9.14. The molecule has 2 heteroatoms. The number of nitrogens with one attached hydrogen (secondary N) is 1. The maximum absolute atomic E-state index is 6.55. The molecule has 0 aromatic heterocycles. The maximum atomic E-state index is 6.55. The van der Waals surface area contributed by atoms with Crippen molar-refractivity contribution in [1.82, 2.24) is 0 Å². The van der Waals surface area contributed by atoms with Crippen LogP contribution in [0.2, 0.25) is 0 Å². The molecule has 0 fully saturated rings. The quantitative estimate of drug-likeness (QED) is 0.310. The molecule has 0 aromatic rings. The zero-order valence-corrected chi connectivity index (χ0v) is 7.61. The van der Waals surface area contributed by atoms with Gasteiger partial charge in [0.25, 0.3) is 0 Å². The van der Waals surface area contributed by atoms with Gasteiger partial charge in [-0.3, -0.25) is 6.54 Å². The van der Waals surface area contributed by atoms with Gasteiger partial charge in [-0.15, -0.1) is 0 Å². The van der Waals surface area contributed by atoms with E-state index >= 15 is 0 Å². The number of rotatable bonds is 2. The fraction of sp³-hybridized carbons (Fsp3) is 0.750. The molecular weight excluding hydrogens is 101 g/mol. The van der Waals surface area contributed by atoms with Crippen LogP contribution in [0, 0.1) is 6.42 Å². The number of unbranched alkanes of at least 4 members (excludes halogenated alkanes) is 1. The Labute approximate surface area is 82.1 Å². The predicted octanol–water partition coefficient (Wildman–Crippen LogP) is -1.34. The Balaban J connectivity index is 0. The zero-order chi connectivity index (χ0) is 4.12. The fourth-order valence-corrected chi connectivity index (χ4v) is 0.144. The normalized spacial score (nSPS) is 7.00. The van der Waals surface area contributed by atoms with Crippen molar-refractivity contribution in [3.63, 3.8) is 0 Å². The van der Waals surface area contributed by atoms with Gasteiger partial charge in [-0.05, 0) is 0 Å². The van der Waals surface area contributed by atoms with E-state index in [2.05, 4.69) is 0 Å². The standard InChI is InChI=1S/C4H9N.K/c1-2-3-4-5;/h3,5H,2,4H2,1H3;/q-2;+1. The van der Waals surface area contributed by atoms with Gasteiger partial charge in [0.15, 0.2) is 0 Å². The van der Waals surface area contributed by atoms with Gasteiger partial charge < -0.3 is 12.2 Å². The first kappa shape index (κ1) is 10.6. The second kappa shape index (κ2) is 9.78. The summed E-state index contributed by atoms with van der Waals surface area (Å²) >= 11 is 0. The Morgan fingerprint density at radius 2 is 2.17 bits per heavy atom. The average Bonchev–Trinajstić information content (AvgIpc) is 1.41. The van der Waals surface area contributed by atoms with Crippen molar-refractivity contribution in [2.24, 2.45) is 0 Å². The van der Waals surface area contributed by atoms with Crippen LogP contribution in [0.25, 0.3) is 5.73 Å². The minimum atomic E-state index is 0. The second-order valence-electron chi connectivity index (χ2n) is 0.901. The van der Waals surface area contributed by atoms with Crippen molar-refractivity contribution >= 4 is 0 Å². The smallest absolute Gasteiger partial charge is 0.703 e. The van der Waals surface area contributed by atoms with Crippen LogP contribution in [-0.2, 0) is 0 Å². The molecule has 0 unspecified atom stereocenters. The van der Waals surface area contributed by atoms with E-state index in [1.54, 1.807) is 0 Å². The van der Waals surface area contributed by atoms with E-state index in [1.165, 1.54) is 0 Å². The molecule has 0 heterocycles. The predicted molar refractivity (Wildman–Crippen MR) is 23.8 cm³/mol. The Kier molecular flexibility index (Phi) is 17.2. The molecule has 0 bridgehead atoms. The van der Waals surface area contributed by atoms with Crippen molar-refractivity contribution in [3.8, 4) is 0 Å². The molecule has 1 nitrogen and oxygen atoms in total. The van der Waals surface area contributed by atoms with Crippen LogP contribution in [0.5, 0.6) is 0 Å². The van der Waals surface area contributed by atoms with Crippen molar-refractivity contribution in [1.29, 1.82) is 0 Å². The SMILES string of the molecule is CC[CH-]C[NH-].[K+]. The average molecular weight is 110 g/mol. The van der Waals surface area contributed by atoms with E-state index in [-0.39, 0.29) is 51.4 Å². The number of hydrogen-bond donors (Lipinski definition) is 0. The molecule has 6 heavy (non-hydrogen) atoms. The topological polar surface area (TPSA) is 23.8 Å². The van der Waals surface area contributed by atoms with Crippen LogP contribution < -0.4 is 51.4 Å². The summed E-state index contributed by atoms with van der Waals surface area (Å²) in [7, 11) is 0. The molecular formula is C4H9KN-. The summed E-state index contributed by atoms with van der Waals surface area (Å²) in [5.41, 5.74) is 6.55. The van der Waals surface area contributed by atoms with Gasteiger partial charge in [-0.25, -0.2) is 0 Å². The molecule has 0 aromatic carbocycles. The summed E-state index contributed by atoms with van der Waals surface area (Å²) in [4.78, 5) is 0. The molecule has 0 aliphatic carbocycles. The minimum absolute atomic E-state index is 0. The third-order valence-electron chi connectivity index (χ3n) is 0.433. The van der Waals surface area contributed by atoms with E-state index in [4.69, 9.17) is 5.73 Å². The molecule has 0 rings (SSSR count). The molecule has 0 radical (unpaired) electrons. The molecule has 0 atom stereocenters. The molecule has 0 amide bonds. The van der Waals surface area contributed by atoms with E-state index in [1.807, 2.05) is 13.3 Å². The van der Waals surface area contributed by atoms with Gasteiger partial charge in [0.1, 0.15) is 0 Å². The molecule has 0 saturated carbocycles. The van der Waals surface area contributed by atoms with Crippen molar-refractivity contribution in [2.45, 2.75) is 13.3 Å².